The molecule has 2 unspecified atom stereocenters. The molecule has 3 nitrogen and oxygen atoms in total. The van der Waals surface area contributed by atoms with E-state index in [1.807, 2.05) is 11.6 Å². The monoisotopic (exact) mass is 298 g/mol. The van der Waals surface area contributed by atoms with Gasteiger partial charge in [-0.15, -0.1) is 0 Å². The number of halogens is 1. The molecular weight excluding hydrogens is 272 g/mol. The zero-order valence-corrected chi connectivity index (χ0v) is 13.9. The third-order valence-electron chi connectivity index (χ3n) is 4.75. The largest absolute Gasteiger partial charge is 0.389 e. The molecular formula is C16H27ClN2O. The summed E-state index contributed by atoms with van der Waals surface area (Å²) in [6.45, 7) is 9.30. The van der Waals surface area contributed by atoms with Gasteiger partial charge in [-0.05, 0) is 44.9 Å². The van der Waals surface area contributed by atoms with Gasteiger partial charge in [0.25, 0.3) is 0 Å². The predicted molar refractivity (Wildman–Crippen MR) is 83.1 cm³/mol. The van der Waals surface area contributed by atoms with Gasteiger partial charge < -0.3 is 5.11 Å². The number of rotatable bonds is 4. The third kappa shape index (κ3) is 3.20. The molecule has 1 heterocycles. The highest BCUT2D eigenvalue weighted by molar-refractivity contribution is 6.31. The molecule has 0 aliphatic heterocycles. The Hall–Kier alpha value is -0.540. The van der Waals surface area contributed by atoms with Gasteiger partial charge in [-0.2, -0.15) is 5.10 Å². The molecule has 0 aromatic carbocycles. The molecule has 1 saturated carbocycles. The van der Waals surface area contributed by atoms with E-state index in [0.29, 0.717) is 18.3 Å². The Morgan fingerprint density at radius 1 is 1.50 bits per heavy atom. The van der Waals surface area contributed by atoms with E-state index in [-0.39, 0.29) is 0 Å². The molecule has 0 amide bonds. The first-order valence-corrected chi connectivity index (χ1v) is 8.18. The van der Waals surface area contributed by atoms with E-state index in [1.54, 1.807) is 0 Å². The quantitative estimate of drug-likeness (QED) is 0.913. The summed E-state index contributed by atoms with van der Waals surface area (Å²) in [4.78, 5) is 0. The predicted octanol–water partition coefficient (Wildman–Crippen LogP) is 3.98. The van der Waals surface area contributed by atoms with Crippen molar-refractivity contribution in [2.45, 2.75) is 71.9 Å². The molecule has 1 aromatic rings. The lowest BCUT2D eigenvalue weighted by Crippen LogP contribution is -2.39. The fourth-order valence-electron chi connectivity index (χ4n) is 3.46. The van der Waals surface area contributed by atoms with Crippen LogP contribution in [0.3, 0.4) is 0 Å². The fraction of sp³-hybridized carbons (Fsp3) is 0.812. The fourth-order valence-corrected chi connectivity index (χ4v) is 3.67. The molecule has 0 bridgehead atoms. The Morgan fingerprint density at radius 3 is 2.80 bits per heavy atom. The highest BCUT2D eigenvalue weighted by Gasteiger charge is 2.37. The minimum absolute atomic E-state index is 0.615. The van der Waals surface area contributed by atoms with Crippen molar-refractivity contribution in [2.24, 2.45) is 11.8 Å². The van der Waals surface area contributed by atoms with Gasteiger partial charge in [-0.1, -0.05) is 31.9 Å². The molecule has 4 heteroatoms. The van der Waals surface area contributed by atoms with Crippen molar-refractivity contribution in [1.82, 2.24) is 9.78 Å². The van der Waals surface area contributed by atoms with Gasteiger partial charge in [0.1, 0.15) is 0 Å². The van der Waals surface area contributed by atoms with Crippen molar-refractivity contribution in [3.05, 3.63) is 16.4 Å². The minimum atomic E-state index is -0.615. The summed E-state index contributed by atoms with van der Waals surface area (Å²) in [6.07, 6.45) is 4.73. The maximum Gasteiger partial charge on any atom is 0.0848 e. The number of hydrogen-bond donors (Lipinski definition) is 1. The highest BCUT2D eigenvalue weighted by Crippen LogP contribution is 2.39. The maximum atomic E-state index is 11.0. The van der Waals surface area contributed by atoms with Crippen LogP contribution in [0.15, 0.2) is 0 Å². The van der Waals surface area contributed by atoms with Gasteiger partial charge in [-0.25, -0.2) is 0 Å². The van der Waals surface area contributed by atoms with Crippen LogP contribution in [0, 0.1) is 18.8 Å². The Kier molecular flexibility index (Phi) is 4.80. The van der Waals surface area contributed by atoms with E-state index in [0.717, 1.165) is 42.2 Å². The van der Waals surface area contributed by atoms with Crippen molar-refractivity contribution in [3.8, 4) is 0 Å². The van der Waals surface area contributed by atoms with Gasteiger partial charge in [0.15, 0.2) is 0 Å². The maximum absolute atomic E-state index is 11.0. The third-order valence-corrected chi connectivity index (χ3v) is 5.24. The van der Waals surface area contributed by atoms with Gasteiger partial charge in [0.05, 0.1) is 22.0 Å². The zero-order chi connectivity index (χ0) is 14.9. The molecule has 20 heavy (non-hydrogen) atoms. The first-order chi connectivity index (χ1) is 9.36. The first-order valence-electron chi connectivity index (χ1n) is 7.80. The molecule has 1 N–H and O–H groups in total. The van der Waals surface area contributed by atoms with Gasteiger partial charge in [-0.3, -0.25) is 4.68 Å². The molecule has 2 atom stereocenters. The highest BCUT2D eigenvalue weighted by atomic mass is 35.5. The van der Waals surface area contributed by atoms with E-state index >= 15 is 0 Å². The molecule has 2 rings (SSSR count). The summed E-state index contributed by atoms with van der Waals surface area (Å²) in [7, 11) is 0. The molecule has 114 valence electrons. The van der Waals surface area contributed by atoms with Gasteiger partial charge in [0, 0.05) is 13.0 Å². The van der Waals surface area contributed by atoms with Crippen molar-refractivity contribution in [3.63, 3.8) is 0 Å². The standard InChI is InChI=1S/C16H27ClN2O/c1-5-19-14(15(17)12(4)18-19)10-16(20)8-6-7-13(9-16)11(2)3/h11,13,20H,5-10H2,1-4H3. The Balaban J connectivity index is 2.20. The van der Waals surface area contributed by atoms with Crippen molar-refractivity contribution < 1.29 is 5.11 Å². The molecule has 0 radical (unpaired) electrons. The summed E-state index contributed by atoms with van der Waals surface area (Å²) < 4.78 is 1.94. The Morgan fingerprint density at radius 2 is 2.20 bits per heavy atom. The number of aliphatic hydroxyl groups is 1. The lowest BCUT2D eigenvalue weighted by atomic mass is 9.72. The van der Waals surface area contributed by atoms with Crippen LogP contribution in [0.1, 0.15) is 57.8 Å². The number of aromatic nitrogens is 2. The summed E-state index contributed by atoms with van der Waals surface area (Å²) in [5, 5.41) is 16.2. The van der Waals surface area contributed by atoms with Crippen LogP contribution in [-0.2, 0) is 13.0 Å². The van der Waals surface area contributed by atoms with E-state index in [2.05, 4.69) is 25.9 Å². The number of aryl methyl sites for hydroxylation is 2. The van der Waals surface area contributed by atoms with E-state index in [4.69, 9.17) is 11.6 Å². The van der Waals surface area contributed by atoms with Crippen LogP contribution >= 0.6 is 11.6 Å². The van der Waals surface area contributed by atoms with Crippen molar-refractivity contribution in [2.75, 3.05) is 0 Å². The van der Waals surface area contributed by atoms with Crippen LogP contribution in [0.25, 0.3) is 0 Å². The molecule has 0 spiro atoms. The smallest absolute Gasteiger partial charge is 0.0848 e. The van der Waals surface area contributed by atoms with Crippen LogP contribution in [0.4, 0.5) is 0 Å². The summed E-state index contributed by atoms with van der Waals surface area (Å²) in [5.41, 5.74) is 1.25. The lowest BCUT2D eigenvalue weighted by molar-refractivity contribution is -0.0253. The van der Waals surface area contributed by atoms with Crippen molar-refractivity contribution >= 4 is 11.6 Å². The van der Waals surface area contributed by atoms with Crippen LogP contribution in [0.2, 0.25) is 5.02 Å². The molecule has 1 fully saturated rings. The van der Waals surface area contributed by atoms with E-state index < -0.39 is 5.60 Å². The summed E-state index contributed by atoms with van der Waals surface area (Å²) >= 11 is 6.38. The lowest BCUT2D eigenvalue weighted by Gasteiger charge is -2.38. The molecule has 0 saturated heterocycles. The molecule has 1 aliphatic rings. The summed E-state index contributed by atoms with van der Waals surface area (Å²) in [6, 6.07) is 0. The number of hydrogen-bond acceptors (Lipinski definition) is 2. The van der Waals surface area contributed by atoms with Gasteiger partial charge >= 0.3 is 0 Å². The van der Waals surface area contributed by atoms with Crippen molar-refractivity contribution in [1.29, 1.82) is 0 Å². The zero-order valence-electron chi connectivity index (χ0n) is 13.1. The van der Waals surface area contributed by atoms with Crippen LogP contribution in [0.5, 0.6) is 0 Å². The SMILES string of the molecule is CCn1nc(C)c(Cl)c1CC1(O)CCCC(C(C)C)C1. The average molecular weight is 299 g/mol. The topological polar surface area (TPSA) is 38.0 Å². The second-order valence-electron chi connectivity index (χ2n) is 6.66. The molecule has 1 aliphatic carbocycles. The Bertz CT molecular complexity index is 469. The average Bonchev–Trinajstić information content (AvgIpc) is 2.66. The van der Waals surface area contributed by atoms with Crippen LogP contribution in [-0.4, -0.2) is 20.5 Å². The Labute approximate surface area is 127 Å². The minimum Gasteiger partial charge on any atom is -0.389 e. The first kappa shape index (κ1) is 15.8. The molecule has 1 aromatic heterocycles. The van der Waals surface area contributed by atoms with E-state index in [9.17, 15) is 5.11 Å². The second kappa shape index (κ2) is 6.07. The normalized spacial score (nSPS) is 27.2. The number of nitrogens with zero attached hydrogens (tertiary/aromatic N) is 2. The van der Waals surface area contributed by atoms with Gasteiger partial charge in [0.2, 0.25) is 0 Å². The van der Waals surface area contributed by atoms with Crippen LogP contribution < -0.4 is 0 Å². The second-order valence-corrected chi connectivity index (χ2v) is 7.04. The van der Waals surface area contributed by atoms with E-state index in [1.165, 1.54) is 6.42 Å². The summed E-state index contributed by atoms with van der Waals surface area (Å²) in [5.74, 6) is 1.25.